The first-order valence-corrected chi connectivity index (χ1v) is 9.09. The zero-order chi connectivity index (χ0) is 15.6. The smallest absolute Gasteiger partial charge is 0.225 e. The molecular formula is C13H16Cl2N2O3S. The summed E-state index contributed by atoms with van der Waals surface area (Å²) in [5.41, 5.74) is 0.534. The Bertz CT molecular complexity index is 645. The largest absolute Gasteiger partial charge is 0.326 e. The van der Waals surface area contributed by atoms with Crippen molar-refractivity contribution in [2.24, 2.45) is 0 Å². The maximum absolute atomic E-state index is 11.9. The second-order valence-corrected chi connectivity index (χ2v) is 7.78. The molecule has 2 rings (SSSR count). The summed E-state index contributed by atoms with van der Waals surface area (Å²) in [6.07, 6.45) is 3.00. The maximum Gasteiger partial charge on any atom is 0.225 e. The van der Waals surface area contributed by atoms with Gasteiger partial charge in [0.15, 0.2) is 0 Å². The van der Waals surface area contributed by atoms with E-state index in [0.717, 1.165) is 12.8 Å². The van der Waals surface area contributed by atoms with Crippen LogP contribution >= 0.6 is 23.2 Å². The molecule has 0 bridgehead atoms. The number of amides is 1. The maximum atomic E-state index is 11.9. The van der Waals surface area contributed by atoms with Crippen LogP contribution in [-0.2, 0) is 14.8 Å². The van der Waals surface area contributed by atoms with Crippen molar-refractivity contribution in [2.45, 2.75) is 25.3 Å². The number of nitrogens with zero attached hydrogens (tertiary/aromatic N) is 1. The predicted octanol–water partition coefficient (Wildman–Crippen LogP) is 2.75. The number of anilines is 1. The molecule has 1 fully saturated rings. The molecular weight excluding hydrogens is 335 g/mol. The van der Waals surface area contributed by atoms with Crippen molar-refractivity contribution in [1.29, 1.82) is 0 Å². The molecule has 116 valence electrons. The molecule has 0 radical (unpaired) electrons. The molecule has 0 aromatic heterocycles. The van der Waals surface area contributed by atoms with Gasteiger partial charge in [0.2, 0.25) is 15.9 Å². The van der Waals surface area contributed by atoms with Gasteiger partial charge in [0, 0.05) is 24.7 Å². The van der Waals surface area contributed by atoms with E-state index in [1.165, 1.54) is 10.6 Å². The van der Waals surface area contributed by atoms with Crippen LogP contribution in [0.2, 0.25) is 10.0 Å². The third-order valence-electron chi connectivity index (χ3n) is 3.14. The molecule has 0 atom stereocenters. The van der Waals surface area contributed by atoms with Crippen LogP contribution in [0.5, 0.6) is 0 Å². The lowest BCUT2D eigenvalue weighted by Gasteiger charge is -2.18. The van der Waals surface area contributed by atoms with Gasteiger partial charge in [0.25, 0.3) is 0 Å². The fraction of sp³-hybridized carbons (Fsp3) is 0.462. The average Bonchev–Trinajstić information content (AvgIpc) is 3.17. The number of benzene rings is 1. The fourth-order valence-electron chi connectivity index (χ4n) is 1.99. The Hall–Kier alpha value is -0.820. The fourth-order valence-corrected chi connectivity index (χ4v) is 3.46. The SMILES string of the molecule is CS(=O)(=O)N(CCC(=O)Nc1ccc(Cl)c(Cl)c1)C1CC1. The van der Waals surface area contributed by atoms with E-state index in [1.54, 1.807) is 18.2 Å². The standard InChI is InChI=1S/C13H16Cl2N2O3S/c1-21(19,20)17(10-3-4-10)7-6-13(18)16-9-2-5-11(14)12(15)8-9/h2,5,8,10H,3-4,6-7H2,1H3,(H,16,18). The molecule has 0 unspecified atom stereocenters. The van der Waals surface area contributed by atoms with E-state index >= 15 is 0 Å². The Kier molecular flexibility index (Phi) is 5.14. The van der Waals surface area contributed by atoms with Gasteiger partial charge in [-0.3, -0.25) is 4.79 Å². The number of hydrogen-bond acceptors (Lipinski definition) is 3. The summed E-state index contributed by atoms with van der Waals surface area (Å²) >= 11 is 11.7. The van der Waals surface area contributed by atoms with Gasteiger partial charge in [0.05, 0.1) is 16.3 Å². The highest BCUT2D eigenvalue weighted by Gasteiger charge is 2.34. The van der Waals surface area contributed by atoms with Gasteiger partial charge in [-0.1, -0.05) is 23.2 Å². The zero-order valence-corrected chi connectivity index (χ0v) is 13.8. The normalized spacial score (nSPS) is 15.2. The van der Waals surface area contributed by atoms with Crippen molar-refractivity contribution in [1.82, 2.24) is 4.31 Å². The van der Waals surface area contributed by atoms with E-state index < -0.39 is 10.0 Å². The molecule has 0 heterocycles. The molecule has 1 N–H and O–H groups in total. The summed E-state index contributed by atoms with van der Waals surface area (Å²) in [6.45, 7) is 0.191. The third-order valence-corrected chi connectivity index (χ3v) is 5.21. The summed E-state index contributed by atoms with van der Waals surface area (Å²) in [7, 11) is -3.27. The minimum Gasteiger partial charge on any atom is -0.326 e. The van der Waals surface area contributed by atoms with Crippen molar-refractivity contribution in [3.8, 4) is 0 Å². The van der Waals surface area contributed by atoms with Crippen molar-refractivity contribution in [3.05, 3.63) is 28.2 Å². The number of halogens is 2. The van der Waals surface area contributed by atoms with E-state index in [0.29, 0.717) is 15.7 Å². The summed E-state index contributed by atoms with van der Waals surface area (Å²) in [4.78, 5) is 11.9. The second-order valence-electron chi connectivity index (χ2n) is 5.03. The van der Waals surface area contributed by atoms with E-state index in [1.807, 2.05) is 0 Å². The zero-order valence-electron chi connectivity index (χ0n) is 11.5. The quantitative estimate of drug-likeness (QED) is 0.857. The van der Waals surface area contributed by atoms with Crippen LogP contribution in [-0.4, -0.2) is 37.5 Å². The molecule has 5 nitrogen and oxygen atoms in total. The number of nitrogens with one attached hydrogen (secondary N) is 1. The molecule has 0 aliphatic heterocycles. The first-order chi connectivity index (χ1) is 9.77. The summed E-state index contributed by atoms with van der Waals surface area (Å²) < 4.78 is 24.6. The Morgan fingerprint density at radius 1 is 1.33 bits per heavy atom. The first-order valence-electron chi connectivity index (χ1n) is 6.49. The van der Waals surface area contributed by atoms with E-state index in [4.69, 9.17) is 23.2 Å². The van der Waals surface area contributed by atoms with Gasteiger partial charge >= 0.3 is 0 Å². The van der Waals surface area contributed by atoms with Crippen molar-refractivity contribution >= 4 is 44.8 Å². The van der Waals surface area contributed by atoms with Gasteiger partial charge in [-0.15, -0.1) is 0 Å². The molecule has 21 heavy (non-hydrogen) atoms. The molecule has 8 heteroatoms. The lowest BCUT2D eigenvalue weighted by Crippen LogP contribution is -2.34. The Balaban J connectivity index is 1.91. The highest BCUT2D eigenvalue weighted by Crippen LogP contribution is 2.29. The van der Waals surface area contributed by atoms with Crippen molar-refractivity contribution in [2.75, 3.05) is 18.1 Å². The van der Waals surface area contributed by atoms with Crippen LogP contribution in [0.1, 0.15) is 19.3 Å². The monoisotopic (exact) mass is 350 g/mol. The number of carbonyl (C=O) groups is 1. The van der Waals surface area contributed by atoms with Crippen LogP contribution in [0.4, 0.5) is 5.69 Å². The van der Waals surface area contributed by atoms with Crippen LogP contribution < -0.4 is 5.32 Å². The Morgan fingerprint density at radius 3 is 2.52 bits per heavy atom. The van der Waals surface area contributed by atoms with Gasteiger partial charge in [-0.05, 0) is 31.0 Å². The predicted molar refractivity (Wildman–Crippen MR) is 84.3 cm³/mol. The molecule has 1 saturated carbocycles. The number of sulfonamides is 1. The van der Waals surface area contributed by atoms with Crippen molar-refractivity contribution in [3.63, 3.8) is 0 Å². The number of hydrogen-bond donors (Lipinski definition) is 1. The van der Waals surface area contributed by atoms with E-state index in [9.17, 15) is 13.2 Å². The van der Waals surface area contributed by atoms with Gasteiger partial charge in [0.1, 0.15) is 0 Å². The Labute approximate surface area is 134 Å². The summed E-state index contributed by atoms with van der Waals surface area (Å²) in [5, 5.41) is 3.43. The summed E-state index contributed by atoms with van der Waals surface area (Å²) in [6, 6.07) is 4.84. The van der Waals surface area contributed by atoms with Crippen LogP contribution in [0.25, 0.3) is 0 Å². The molecule has 0 saturated heterocycles. The average molecular weight is 351 g/mol. The van der Waals surface area contributed by atoms with Gasteiger partial charge in [-0.25, -0.2) is 8.42 Å². The minimum absolute atomic E-state index is 0.0535. The number of rotatable bonds is 6. The molecule has 0 spiro atoms. The molecule has 1 aromatic rings. The lowest BCUT2D eigenvalue weighted by atomic mass is 10.3. The highest BCUT2D eigenvalue weighted by atomic mass is 35.5. The number of carbonyl (C=O) groups excluding carboxylic acids is 1. The van der Waals surface area contributed by atoms with Crippen LogP contribution in [0.15, 0.2) is 18.2 Å². The first kappa shape index (κ1) is 16.5. The molecule has 1 aliphatic carbocycles. The molecule has 1 aliphatic rings. The van der Waals surface area contributed by atoms with E-state index in [2.05, 4.69) is 5.32 Å². The minimum atomic E-state index is -3.27. The van der Waals surface area contributed by atoms with Gasteiger partial charge in [-0.2, -0.15) is 4.31 Å². The summed E-state index contributed by atoms with van der Waals surface area (Å²) in [5.74, 6) is -0.261. The highest BCUT2D eigenvalue weighted by molar-refractivity contribution is 7.88. The molecule has 1 aromatic carbocycles. The second kappa shape index (κ2) is 6.52. The van der Waals surface area contributed by atoms with Gasteiger partial charge < -0.3 is 5.32 Å². The molecule has 1 amide bonds. The van der Waals surface area contributed by atoms with Crippen LogP contribution in [0.3, 0.4) is 0 Å². The topological polar surface area (TPSA) is 66.5 Å². The van der Waals surface area contributed by atoms with E-state index in [-0.39, 0.29) is 24.9 Å². The van der Waals surface area contributed by atoms with Crippen LogP contribution in [0, 0.1) is 0 Å². The van der Waals surface area contributed by atoms with Crippen molar-refractivity contribution < 1.29 is 13.2 Å². The Morgan fingerprint density at radius 2 is 2.00 bits per heavy atom. The third kappa shape index (κ3) is 4.85. The lowest BCUT2D eigenvalue weighted by molar-refractivity contribution is -0.116.